The molecular weight excluding hydrogens is 535 g/mol. The fourth-order valence-electron chi connectivity index (χ4n) is 5.91. The highest BCUT2D eigenvalue weighted by Crippen LogP contribution is 2.42. The molecule has 41 heavy (non-hydrogen) atoms. The molecule has 5 rings (SSSR count). The molecule has 1 aliphatic heterocycles. The number of likely N-dealkylation sites (tertiary alicyclic amines) is 1. The first-order valence-electron chi connectivity index (χ1n) is 13.7. The average Bonchev–Trinajstić information content (AvgIpc) is 3.32. The summed E-state index contributed by atoms with van der Waals surface area (Å²) in [6.07, 6.45) is 4.02. The third-order valence-electron chi connectivity index (χ3n) is 8.57. The number of ketones is 1. The van der Waals surface area contributed by atoms with Crippen molar-refractivity contribution in [1.29, 1.82) is 0 Å². The molecule has 4 atom stereocenters. The van der Waals surface area contributed by atoms with Crippen molar-refractivity contribution in [3.63, 3.8) is 0 Å². The van der Waals surface area contributed by atoms with Gasteiger partial charge in [0, 0.05) is 38.3 Å². The van der Waals surface area contributed by atoms with Gasteiger partial charge in [-0.1, -0.05) is 6.92 Å². The molecule has 0 bridgehead atoms. The summed E-state index contributed by atoms with van der Waals surface area (Å²) >= 11 is 0. The molecule has 2 N–H and O–H groups in total. The molecule has 7 nitrogen and oxygen atoms in total. The number of halogens is 3. The van der Waals surface area contributed by atoms with Gasteiger partial charge in [-0.15, -0.1) is 0 Å². The van der Waals surface area contributed by atoms with Crippen molar-refractivity contribution in [2.24, 2.45) is 5.92 Å². The highest BCUT2D eigenvalue weighted by atomic mass is 19.1. The van der Waals surface area contributed by atoms with E-state index in [9.17, 15) is 24.2 Å². The largest absolute Gasteiger partial charge is 0.390 e. The molecule has 1 aromatic carbocycles. The maximum absolute atomic E-state index is 15.1. The summed E-state index contributed by atoms with van der Waals surface area (Å²) in [4.78, 5) is 34.9. The molecule has 1 saturated carbocycles. The molecular formula is C31H32F3N3O4. The Kier molecular flexibility index (Phi) is 7.98. The molecule has 3 heterocycles. The van der Waals surface area contributed by atoms with E-state index in [0.717, 1.165) is 23.8 Å². The van der Waals surface area contributed by atoms with Crippen molar-refractivity contribution in [3.05, 3.63) is 82.6 Å². The van der Waals surface area contributed by atoms with Gasteiger partial charge in [0.1, 0.15) is 28.8 Å². The van der Waals surface area contributed by atoms with Crippen LogP contribution in [0.25, 0.3) is 11.3 Å². The van der Waals surface area contributed by atoms with Crippen LogP contribution < -0.4 is 0 Å². The third-order valence-corrected chi connectivity index (χ3v) is 8.57. The molecule has 0 spiro atoms. The van der Waals surface area contributed by atoms with Gasteiger partial charge >= 0.3 is 0 Å². The molecule has 3 aromatic rings. The van der Waals surface area contributed by atoms with Crippen molar-refractivity contribution < 1.29 is 33.0 Å². The standard InChI is InChI=1S/C31H32F3N3O4/c1-17-10-19(14-27(39)31(17,2)41)21-7-8-35-15-20(21)13-26(38)25-6-5-22(32)30(36-25)29-23(33)11-18(12-24(29)34)16-37-9-3-4-28(37)40/h5-8,11-12,15,17,19,27,39,41H,3-4,9-10,13-14,16H2,1-2H3/t17-,19+,27+,31+/m1/s1. The minimum atomic E-state index is -1.22. The van der Waals surface area contributed by atoms with Crippen molar-refractivity contribution in [3.8, 4) is 11.3 Å². The van der Waals surface area contributed by atoms with Crippen LogP contribution in [0.15, 0.2) is 42.7 Å². The number of carbonyl (C=O) groups excluding carboxylic acids is 2. The Morgan fingerprint density at radius 1 is 1.12 bits per heavy atom. The van der Waals surface area contributed by atoms with Crippen LogP contribution >= 0.6 is 0 Å². The number of aromatic nitrogens is 2. The van der Waals surface area contributed by atoms with Crippen molar-refractivity contribution >= 4 is 11.7 Å². The van der Waals surface area contributed by atoms with Gasteiger partial charge < -0.3 is 15.1 Å². The third kappa shape index (κ3) is 5.76. The molecule has 2 fully saturated rings. The lowest BCUT2D eigenvalue weighted by molar-refractivity contribution is -0.128. The first-order valence-corrected chi connectivity index (χ1v) is 13.7. The van der Waals surface area contributed by atoms with Crippen LogP contribution in [0.3, 0.4) is 0 Å². The van der Waals surface area contributed by atoms with Gasteiger partial charge in [0.25, 0.3) is 0 Å². The maximum atomic E-state index is 15.1. The highest BCUT2D eigenvalue weighted by Gasteiger charge is 2.43. The van der Waals surface area contributed by atoms with Crippen molar-refractivity contribution in [2.75, 3.05) is 6.54 Å². The van der Waals surface area contributed by atoms with E-state index in [4.69, 9.17) is 0 Å². The topological polar surface area (TPSA) is 104 Å². The van der Waals surface area contributed by atoms with E-state index in [1.807, 2.05) is 6.92 Å². The molecule has 1 amide bonds. The van der Waals surface area contributed by atoms with Gasteiger partial charge in [-0.3, -0.25) is 14.6 Å². The monoisotopic (exact) mass is 567 g/mol. The van der Waals surface area contributed by atoms with Gasteiger partial charge in [0.05, 0.1) is 17.3 Å². The lowest BCUT2D eigenvalue weighted by Crippen LogP contribution is -2.49. The van der Waals surface area contributed by atoms with Crippen molar-refractivity contribution in [1.82, 2.24) is 14.9 Å². The Bertz CT molecular complexity index is 1460. The smallest absolute Gasteiger partial charge is 0.222 e. The first-order chi connectivity index (χ1) is 19.5. The molecule has 0 radical (unpaired) electrons. The number of benzene rings is 1. The number of pyridine rings is 2. The molecule has 1 aliphatic carbocycles. The van der Waals surface area contributed by atoms with Crippen LogP contribution in [-0.4, -0.2) is 55.0 Å². The second kappa shape index (κ2) is 11.3. The zero-order chi connectivity index (χ0) is 29.5. The number of nitrogens with zero attached hydrogens (tertiary/aromatic N) is 3. The summed E-state index contributed by atoms with van der Waals surface area (Å²) in [6.45, 7) is 4.02. The Morgan fingerprint density at radius 2 is 1.85 bits per heavy atom. The minimum Gasteiger partial charge on any atom is -0.390 e. The number of carbonyl (C=O) groups is 2. The van der Waals surface area contributed by atoms with E-state index in [1.165, 1.54) is 11.0 Å². The SMILES string of the molecule is C[C@@H]1C[C@H](c2ccncc2CC(=O)c2ccc(F)c(-c3c(F)cc(CN4CCCC4=O)cc3F)n2)C[C@H](O)[C@@]1(C)O. The first kappa shape index (κ1) is 28.9. The summed E-state index contributed by atoms with van der Waals surface area (Å²) in [5.41, 5.74) is -1.06. The summed E-state index contributed by atoms with van der Waals surface area (Å²) in [6, 6.07) is 6.01. The van der Waals surface area contributed by atoms with Crippen LogP contribution in [0.2, 0.25) is 0 Å². The summed E-state index contributed by atoms with van der Waals surface area (Å²) in [5.74, 6) is -3.98. The predicted molar refractivity (Wildman–Crippen MR) is 144 cm³/mol. The number of hydrogen-bond donors (Lipinski definition) is 2. The zero-order valence-electron chi connectivity index (χ0n) is 22.9. The van der Waals surface area contributed by atoms with Gasteiger partial charge in [-0.25, -0.2) is 18.2 Å². The quantitative estimate of drug-likeness (QED) is 0.400. The molecule has 1 saturated heterocycles. The molecule has 2 aromatic heterocycles. The Hall–Kier alpha value is -3.63. The van der Waals surface area contributed by atoms with Crippen LogP contribution in [0.4, 0.5) is 13.2 Å². The second-order valence-electron chi connectivity index (χ2n) is 11.4. The summed E-state index contributed by atoms with van der Waals surface area (Å²) in [5, 5.41) is 21.1. The zero-order valence-corrected chi connectivity index (χ0v) is 22.9. The number of aliphatic hydroxyl groups excluding tert-OH is 1. The Balaban J connectivity index is 1.39. The minimum absolute atomic E-state index is 0.0448. The Labute approximate surface area is 236 Å². The number of Topliss-reactive ketones (excluding diaryl/α,β-unsaturated/α-hetero) is 1. The molecule has 0 unspecified atom stereocenters. The molecule has 2 aliphatic rings. The van der Waals surface area contributed by atoms with E-state index >= 15 is 8.78 Å². The van der Waals surface area contributed by atoms with Gasteiger partial charge in [-0.05, 0) is 85.0 Å². The lowest BCUT2D eigenvalue weighted by Gasteiger charge is -2.43. The predicted octanol–water partition coefficient (Wildman–Crippen LogP) is 4.73. The summed E-state index contributed by atoms with van der Waals surface area (Å²) in [7, 11) is 0. The van der Waals surface area contributed by atoms with Crippen LogP contribution in [0.1, 0.15) is 72.6 Å². The number of hydrogen-bond acceptors (Lipinski definition) is 6. The summed E-state index contributed by atoms with van der Waals surface area (Å²) < 4.78 is 45.1. The van der Waals surface area contributed by atoms with Crippen LogP contribution in [-0.2, 0) is 17.8 Å². The van der Waals surface area contributed by atoms with Crippen LogP contribution in [0, 0.1) is 23.4 Å². The van der Waals surface area contributed by atoms with Crippen LogP contribution in [0.5, 0.6) is 0 Å². The average molecular weight is 568 g/mol. The van der Waals surface area contributed by atoms with Gasteiger partial charge in [0.2, 0.25) is 5.91 Å². The van der Waals surface area contributed by atoms with E-state index < -0.39 is 46.2 Å². The second-order valence-corrected chi connectivity index (χ2v) is 11.4. The number of amides is 1. The molecule has 216 valence electrons. The fraction of sp³-hybridized carbons (Fsp3) is 0.419. The number of aliphatic hydroxyl groups is 2. The Morgan fingerprint density at radius 3 is 2.51 bits per heavy atom. The maximum Gasteiger partial charge on any atom is 0.222 e. The van der Waals surface area contributed by atoms with Gasteiger partial charge in [0.15, 0.2) is 5.78 Å². The van der Waals surface area contributed by atoms with E-state index in [2.05, 4.69) is 9.97 Å². The number of rotatable bonds is 7. The highest BCUT2D eigenvalue weighted by molar-refractivity contribution is 5.96. The fourth-order valence-corrected chi connectivity index (χ4v) is 5.91. The molecule has 10 heteroatoms. The van der Waals surface area contributed by atoms with E-state index in [-0.39, 0.29) is 42.0 Å². The van der Waals surface area contributed by atoms with Crippen molar-refractivity contribution in [2.45, 2.75) is 70.1 Å². The van der Waals surface area contributed by atoms with E-state index in [1.54, 1.807) is 25.4 Å². The van der Waals surface area contributed by atoms with E-state index in [0.29, 0.717) is 37.8 Å². The van der Waals surface area contributed by atoms with Gasteiger partial charge in [-0.2, -0.15) is 0 Å². The normalized spacial score (nSPS) is 24.6. The lowest BCUT2D eigenvalue weighted by atomic mass is 9.68.